The Labute approximate surface area is 136 Å². The van der Waals surface area contributed by atoms with Crippen molar-refractivity contribution in [3.63, 3.8) is 0 Å². The van der Waals surface area contributed by atoms with Gasteiger partial charge >= 0.3 is 0 Å². The van der Waals surface area contributed by atoms with E-state index in [1.54, 1.807) is 7.11 Å². The van der Waals surface area contributed by atoms with E-state index >= 15 is 0 Å². The smallest absolute Gasteiger partial charge is 0.240 e. The molecule has 0 spiro atoms. The Morgan fingerprint density at radius 1 is 1.48 bits per heavy atom. The number of methoxy groups -OCH3 is 1. The fourth-order valence-corrected chi connectivity index (χ4v) is 2.84. The maximum Gasteiger partial charge on any atom is 0.240 e. The Bertz CT molecular complexity index is 476. The first-order chi connectivity index (χ1) is 9.55. The monoisotopic (exact) mass is 332 g/mol. The van der Waals surface area contributed by atoms with Crippen LogP contribution in [-0.2, 0) is 9.53 Å². The van der Waals surface area contributed by atoms with Crippen LogP contribution < -0.4 is 11.1 Å². The summed E-state index contributed by atoms with van der Waals surface area (Å²) >= 11 is 5.97. The molecule has 0 aromatic heterocycles. The van der Waals surface area contributed by atoms with E-state index in [0.717, 1.165) is 31.2 Å². The molecule has 1 saturated carbocycles. The molecule has 6 heteroatoms. The van der Waals surface area contributed by atoms with Crippen LogP contribution in [0.3, 0.4) is 0 Å². The van der Waals surface area contributed by atoms with Gasteiger partial charge in [0.2, 0.25) is 5.91 Å². The Balaban J connectivity index is 0.00000220. The third-order valence-electron chi connectivity index (χ3n) is 3.90. The Morgan fingerprint density at radius 2 is 2.14 bits per heavy atom. The maximum atomic E-state index is 12.2. The Kier molecular flexibility index (Phi) is 6.94. The number of hydrogen-bond acceptors (Lipinski definition) is 3. The van der Waals surface area contributed by atoms with Crippen LogP contribution in [0.25, 0.3) is 0 Å². The van der Waals surface area contributed by atoms with Crippen molar-refractivity contribution >= 4 is 29.9 Å². The molecule has 1 aliphatic rings. The van der Waals surface area contributed by atoms with E-state index in [0.29, 0.717) is 11.6 Å². The molecule has 118 valence electrons. The van der Waals surface area contributed by atoms with Gasteiger partial charge in [-0.05, 0) is 30.5 Å². The lowest BCUT2D eigenvalue weighted by Gasteiger charge is -2.24. The number of hydrogen-bond donors (Lipinski definition) is 2. The van der Waals surface area contributed by atoms with Crippen molar-refractivity contribution < 1.29 is 9.53 Å². The van der Waals surface area contributed by atoms with Crippen LogP contribution in [0.15, 0.2) is 24.3 Å². The van der Waals surface area contributed by atoms with E-state index in [4.69, 9.17) is 22.1 Å². The fraction of sp³-hybridized carbons (Fsp3) is 0.533. The average Bonchev–Trinajstić information content (AvgIpc) is 2.87. The quantitative estimate of drug-likeness (QED) is 0.871. The van der Waals surface area contributed by atoms with Gasteiger partial charge in [-0.1, -0.05) is 36.6 Å². The number of carbonyl (C=O) groups excluding carboxylic acids is 1. The third kappa shape index (κ3) is 4.58. The lowest BCUT2D eigenvalue weighted by Crippen LogP contribution is -2.52. The second kappa shape index (κ2) is 7.99. The van der Waals surface area contributed by atoms with E-state index in [2.05, 4.69) is 5.32 Å². The zero-order valence-corrected chi connectivity index (χ0v) is 13.7. The minimum atomic E-state index is -0.702. The van der Waals surface area contributed by atoms with Gasteiger partial charge in [0.1, 0.15) is 0 Å². The summed E-state index contributed by atoms with van der Waals surface area (Å²) in [5.41, 5.74) is 6.36. The number of carbonyl (C=O) groups is 1. The van der Waals surface area contributed by atoms with Gasteiger partial charge in [-0.2, -0.15) is 0 Å². The molecule has 0 heterocycles. The van der Waals surface area contributed by atoms with Crippen molar-refractivity contribution in [2.45, 2.75) is 37.3 Å². The molecule has 1 amide bonds. The molecule has 1 atom stereocenters. The zero-order valence-electron chi connectivity index (χ0n) is 12.1. The number of halogens is 2. The first-order valence-corrected chi connectivity index (χ1v) is 7.28. The van der Waals surface area contributed by atoms with Crippen molar-refractivity contribution in [2.24, 2.45) is 5.73 Å². The number of nitrogens with one attached hydrogen (secondary N) is 1. The average molecular weight is 333 g/mol. The number of nitrogens with two attached hydrogens (primary N) is 1. The molecule has 3 N–H and O–H groups in total. The predicted octanol–water partition coefficient (Wildman–Crippen LogP) is 2.84. The summed E-state index contributed by atoms with van der Waals surface area (Å²) in [5, 5.41) is 3.56. The molecule has 1 fully saturated rings. The largest absolute Gasteiger partial charge is 0.375 e. The van der Waals surface area contributed by atoms with Crippen LogP contribution in [-0.4, -0.2) is 25.1 Å². The zero-order chi connectivity index (χ0) is 14.6. The van der Waals surface area contributed by atoms with Crippen LogP contribution >= 0.6 is 24.0 Å². The summed E-state index contributed by atoms with van der Waals surface area (Å²) in [6.45, 7) is 0.397. The van der Waals surface area contributed by atoms with E-state index in [9.17, 15) is 4.79 Å². The SMILES string of the molecule is COC(CNC(=O)C1(N)CCCC1)c1cccc(Cl)c1.Cl. The van der Waals surface area contributed by atoms with Crippen molar-refractivity contribution in [1.82, 2.24) is 5.32 Å². The molecule has 0 saturated heterocycles. The number of benzene rings is 1. The van der Waals surface area contributed by atoms with Crippen molar-refractivity contribution in [1.29, 1.82) is 0 Å². The summed E-state index contributed by atoms with van der Waals surface area (Å²) in [6, 6.07) is 7.45. The third-order valence-corrected chi connectivity index (χ3v) is 4.14. The molecule has 2 rings (SSSR count). The predicted molar refractivity (Wildman–Crippen MR) is 86.8 cm³/mol. The van der Waals surface area contributed by atoms with E-state index in [-0.39, 0.29) is 24.4 Å². The van der Waals surface area contributed by atoms with Crippen molar-refractivity contribution in [2.75, 3.05) is 13.7 Å². The van der Waals surface area contributed by atoms with Crippen molar-refractivity contribution in [3.8, 4) is 0 Å². The second-order valence-electron chi connectivity index (χ2n) is 5.35. The lowest BCUT2D eigenvalue weighted by molar-refractivity contribution is -0.126. The second-order valence-corrected chi connectivity index (χ2v) is 5.79. The summed E-state index contributed by atoms with van der Waals surface area (Å²) < 4.78 is 5.42. The van der Waals surface area contributed by atoms with Crippen LogP contribution in [0.2, 0.25) is 5.02 Å². The van der Waals surface area contributed by atoms with Crippen LogP contribution in [0.5, 0.6) is 0 Å². The maximum absolute atomic E-state index is 12.2. The number of amides is 1. The fourth-order valence-electron chi connectivity index (χ4n) is 2.64. The highest BCUT2D eigenvalue weighted by atomic mass is 35.5. The van der Waals surface area contributed by atoms with Gasteiger partial charge in [0.25, 0.3) is 0 Å². The minimum Gasteiger partial charge on any atom is -0.375 e. The standard InChI is InChI=1S/C15H21ClN2O2.ClH/c1-20-13(11-5-4-6-12(16)9-11)10-18-14(19)15(17)7-2-3-8-15;/h4-6,9,13H,2-3,7-8,10,17H2,1H3,(H,18,19);1H. The molecule has 0 aliphatic heterocycles. The van der Waals surface area contributed by atoms with Crippen LogP contribution in [0.4, 0.5) is 0 Å². The van der Waals surface area contributed by atoms with E-state index in [1.807, 2.05) is 24.3 Å². The van der Waals surface area contributed by atoms with Gasteiger partial charge in [0.15, 0.2) is 0 Å². The van der Waals surface area contributed by atoms with Gasteiger partial charge < -0.3 is 15.8 Å². The molecule has 21 heavy (non-hydrogen) atoms. The molecule has 1 aliphatic carbocycles. The summed E-state index contributed by atoms with van der Waals surface area (Å²) in [6.07, 6.45) is 3.33. The van der Waals surface area contributed by atoms with Crippen LogP contribution in [0.1, 0.15) is 37.4 Å². The molecule has 1 aromatic carbocycles. The molecule has 0 radical (unpaired) electrons. The van der Waals surface area contributed by atoms with Gasteiger partial charge in [-0.15, -0.1) is 12.4 Å². The first kappa shape index (κ1) is 18.2. The Morgan fingerprint density at radius 3 is 2.71 bits per heavy atom. The first-order valence-electron chi connectivity index (χ1n) is 6.90. The highest BCUT2D eigenvalue weighted by Gasteiger charge is 2.37. The molecule has 0 bridgehead atoms. The Hall–Kier alpha value is -0.810. The summed E-state index contributed by atoms with van der Waals surface area (Å²) in [5.74, 6) is -0.0842. The minimum absolute atomic E-state index is 0. The van der Waals surface area contributed by atoms with Gasteiger partial charge in [0.05, 0.1) is 11.6 Å². The van der Waals surface area contributed by atoms with Gasteiger partial charge in [0, 0.05) is 18.7 Å². The van der Waals surface area contributed by atoms with Crippen LogP contribution in [0, 0.1) is 0 Å². The van der Waals surface area contributed by atoms with E-state index < -0.39 is 5.54 Å². The molecule has 1 aromatic rings. The number of rotatable bonds is 5. The normalized spacial score (nSPS) is 17.9. The molecular formula is C15H22Cl2N2O2. The molecule has 4 nitrogen and oxygen atoms in total. The lowest BCUT2D eigenvalue weighted by atomic mass is 9.98. The van der Waals surface area contributed by atoms with Crippen molar-refractivity contribution in [3.05, 3.63) is 34.9 Å². The van der Waals surface area contributed by atoms with E-state index in [1.165, 1.54) is 0 Å². The molecular weight excluding hydrogens is 311 g/mol. The highest BCUT2D eigenvalue weighted by Crippen LogP contribution is 2.27. The van der Waals surface area contributed by atoms with Gasteiger partial charge in [-0.25, -0.2) is 0 Å². The summed E-state index contributed by atoms with van der Waals surface area (Å²) in [4.78, 5) is 12.2. The topological polar surface area (TPSA) is 64.3 Å². The van der Waals surface area contributed by atoms with Gasteiger partial charge in [-0.3, -0.25) is 4.79 Å². The number of ether oxygens (including phenoxy) is 1. The highest BCUT2D eigenvalue weighted by molar-refractivity contribution is 6.30. The molecule has 1 unspecified atom stereocenters. The summed E-state index contributed by atoms with van der Waals surface area (Å²) in [7, 11) is 1.62.